The number of anilines is 1. The molecular formula is C14H21NO2. The maximum Gasteiger partial charge on any atom is 0.338 e. The van der Waals surface area contributed by atoms with E-state index < -0.39 is 0 Å². The van der Waals surface area contributed by atoms with Crippen molar-refractivity contribution in [2.45, 2.75) is 33.1 Å². The highest BCUT2D eigenvalue weighted by molar-refractivity contribution is 5.89. The molecule has 0 aliphatic heterocycles. The first kappa shape index (κ1) is 13.6. The van der Waals surface area contributed by atoms with Crippen LogP contribution in [-0.4, -0.2) is 19.1 Å². The van der Waals surface area contributed by atoms with Crippen molar-refractivity contribution in [2.75, 3.05) is 18.5 Å². The fourth-order valence-corrected chi connectivity index (χ4v) is 1.41. The third-order valence-corrected chi connectivity index (χ3v) is 2.42. The van der Waals surface area contributed by atoms with Gasteiger partial charge in [-0.1, -0.05) is 20.3 Å². The highest BCUT2D eigenvalue weighted by Crippen LogP contribution is 2.10. The van der Waals surface area contributed by atoms with Gasteiger partial charge in [-0.15, -0.1) is 0 Å². The smallest absolute Gasteiger partial charge is 0.338 e. The number of nitrogens with one attached hydrogen (secondary N) is 1. The molecule has 0 atom stereocenters. The Morgan fingerprint density at radius 3 is 2.47 bits per heavy atom. The third-order valence-electron chi connectivity index (χ3n) is 2.42. The summed E-state index contributed by atoms with van der Waals surface area (Å²) in [6.45, 7) is 5.59. The van der Waals surface area contributed by atoms with Gasteiger partial charge in [0.2, 0.25) is 0 Å². The van der Waals surface area contributed by atoms with Gasteiger partial charge in [-0.2, -0.15) is 0 Å². The minimum absolute atomic E-state index is 0.244. The van der Waals surface area contributed by atoms with E-state index in [1.807, 2.05) is 19.1 Å². The number of hydrogen-bond donors (Lipinski definition) is 1. The molecular weight excluding hydrogens is 214 g/mol. The largest absolute Gasteiger partial charge is 0.462 e. The zero-order chi connectivity index (χ0) is 12.5. The summed E-state index contributed by atoms with van der Waals surface area (Å²) in [5, 5.41) is 3.30. The van der Waals surface area contributed by atoms with Crippen LogP contribution in [0.15, 0.2) is 24.3 Å². The Kier molecular flexibility index (Phi) is 6.15. The number of rotatable bonds is 7. The molecule has 0 aliphatic carbocycles. The Balaban J connectivity index is 2.46. The molecule has 3 heteroatoms. The maximum atomic E-state index is 11.5. The second kappa shape index (κ2) is 7.71. The SMILES string of the molecule is CCCCNc1ccc(C(=O)OCCC)cc1. The molecule has 0 spiro atoms. The van der Waals surface area contributed by atoms with Gasteiger partial charge in [0.15, 0.2) is 0 Å². The van der Waals surface area contributed by atoms with Crippen molar-refractivity contribution in [3.05, 3.63) is 29.8 Å². The van der Waals surface area contributed by atoms with Crippen LogP contribution in [0.25, 0.3) is 0 Å². The van der Waals surface area contributed by atoms with Gasteiger partial charge >= 0.3 is 5.97 Å². The van der Waals surface area contributed by atoms with Crippen molar-refractivity contribution < 1.29 is 9.53 Å². The second-order valence-corrected chi connectivity index (χ2v) is 3.99. The number of unbranched alkanes of at least 4 members (excludes halogenated alkanes) is 1. The molecule has 0 aliphatic rings. The van der Waals surface area contributed by atoms with E-state index in [0.717, 1.165) is 25.1 Å². The number of ether oxygens (including phenoxy) is 1. The van der Waals surface area contributed by atoms with Crippen molar-refractivity contribution >= 4 is 11.7 Å². The van der Waals surface area contributed by atoms with Gasteiger partial charge in [0.25, 0.3) is 0 Å². The van der Waals surface area contributed by atoms with E-state index in [1.165, 1.54) is 6.42 Å². The van der Waals surface area contributed by atoms with Gasteiger partial charge in [0.1, 0.15) is 0 Å². The number of carbonyl (C=O) groups is 1. The number of benzene rings is 1. The van der Waals surface area contributed by atoms with Crippen LogP contribution in [0.5, 0.6) is 0 Å². The first-order valence-corrected chi connectivity index (χ1v) is 6.29. The highest BCUT2D eigenvalue weighted by Gasteiger charge is 2.05. The Labute approximate surface area is 103 Å². The molecule has 1 aromatic carbocycles. The molecule has 0 radical (unpaired) electrons. The predicted molar refractivity (Wildman–Crippen MR) is 70.4 cm³/mol. The van der Waals surface area contributed by atoms with E-state index in [-0.39, 0.29) is 5.97 Å². The lowest BCUT2D eigenvalue weighted by Crippen LogP contribution is -2.06. The number of carbonyl (C=O) groups excluding carboxylic acids is 1. The van der Waals surface area contributed by atoms with Gasteiger partial charge < -0.3 is 10.1 Å². The van der Waals surface area contributed by atoms with Crippen molar-refractivity contribution in [3.63, 3.8) is 0 Å². The first-order chi connectivity index (χ1) is 8.27. The van der Waals surface area contributed by atoms with Crippen LogP contribution < -0.4 is 5.32 Å². The summed E-state index contributed by atoms with van der Waals surface area (Å²) >= 11 is 0. The van der Waals surface area contributed by atoms with Gasteiger partial charge in [0.05, 0.1) is 12.2 Å². The summed E-state index contributed by atoms with van der Waals surface area (Å²) in [4.78, 5) is 11.5. The maximum absolute atomic E-state index is 11.5. The topological polar surface area (TPSA) is 38.3 Å². The van der Waals surface area contributed by atoms with E-state index in [9.17, 15) is 4.79 Å². The van der Waals surface area contributed by atoms with Gasteiger partial charge in [-0.3, -0.25) is 0 Å². The van der Waals surface area contributed by atoms with E-state index >= 15 is 0 Å². The summed E-state index contributed by atoms with van der Waals surface area (Å²) < 4.78 is 5.06. The van der Waals surface area contributed by atoms with Gasteiger partial charge in [-0.05, 0) is 37.1 Å². The Hall–Kier alpha value is -1.51. The van der Waals surface area contributed by atoms with Gasteiger partial charge in [0, 0.05) is 12.2 Å². The van der Waals surface area contributed by atoms with Crippen LogP contribution in [0.3, 0.4) is 0 Å². The molecule has 0 bridgehead atoms. The van der Waals surface area contributed by atoms with Crippen LogP contribution in [0.2, 0.25) is 0 Å². The molecule has 0 saturated heterocycles. The van der Waals surface area contributed by atoms with E-state index in [4.69, 9.17) is 4.74 Å². The molecule has 1 rings (SSSR count). The Morgan fingerprint density at radius 2 is 1.88 bits per heavy atom. The van der Waals surface area contributed by atoms with Crippen LogP contribution in [0.4, 0.5) is 5.69 Å². The minimum Gasteiger partial charge on any atom is -0.462 e. The highest BCUT2D eigenvalue weighted by atomic mass is 16.5. The lowest BCUT2D eigenvalue weighted by atomic mass is 10.2. The normalized spacial score (nSPS) is 10.0. The standard InChI is InChI=1S/C14H21NO2/c1-3-5-10-15-13-8-6-12(7-9-13)14(16)17-11-4-2/h6-9,15H,3-5,10-11H2,1-2H3. The fraction of sp³-hybridized carbons (Fsp3) is 0.500. The zero-order valence-corrected chi connectivity index (χ0v) is 10.7. The van der Waals surface area contributed by atoms with Crippen molar-refractivity contribution in [1.29, 1.82) is 0 Å². The predicted octanol–water partition coefficient (Wildman–Crippen LogP) is 3.47. The zero-order valence-electron chi connectivity index (χ0n) is 10.7. The quantitative estimate of drug-likeness (QED) is 0.581. The molecule has 0 fully saturated rings. The Bertz CT molecular complexity index is 333. The number of esters is 1. The summed E-state index contributed by atoms with van der Waals surface area (Å²) in [7, 11) is 0. The van der Waals surface area contributed by atoms with Crippen LogP contribution >= 0.6 is 0 Å². The van der Waals surface area contributed by atoms with Crippen LogP contribution in [0, 0.1) is 0 Å². The molecule has 0 heterocycles. The van der Waals surface area contributed by atoms with E-state index in [1.54, 1.807) is 12.1 Å². The fourth-order valence-electron chi connectivity index (χ4n) is 1.41. The third kappa shape index (κ3) is 4.89. The molecule has 94 valence electrons. The lowest BCUT2D eigenvalue weighted by molar-refractivity contribution is 0.0505. The summed E-state index contributed by atoms with van der Waals surface area (Å²) in [6.07, 6.45) is 3.18. The van der Waals surface area contributed by atoms with Crippen LogP contribution in [0.1, 0.15) is 43.5 Å². The molecule has 17 heavy (non-hydrogen) atoms. The molecule has 3 nitrogen and oxygen atoms in total. The average Bonchev–Trinajstić information content (AvgIpc) is 2.37. The monoisotopic (exact) mass is 235 g/mol. The summed E-state index contributed by atoms with van der Waals surface area (Å²) in [5.41, 5.74) is 1.66. The minimum atomic E-state index is -0.244. The Morgan fingerprint density at radius 1 is 1.18 bits per heavy atom. The van der Waals surface area contributed by atoms with Gasteiger partial charge in [-0.25, -0.2) is 4.79 Å². The molecule has 1 aromatic rings. The molecule has 0 unspecified atom stereocenters. The molecule has 0 amide bonds. The van der Waals surface area contributed by atoms with Crippen molar-refractivity contribution in [1.82, 2.24) is 0 Å². The van der Waals surface area contributed by atoms with E-state index in [2.05, 4.69) is 12.2 Å². The average molecular weight is 235 g/mol. The van der Waals surface area contributed by atoms with Crippen LogP contribution in [-0.2, 0) is 4.74 Å². The first-order valence-electron chi connectivity index (χ1n) is 6.29. The molecule has 1 N–H and O–H groups in total. The van der Waals surface area contributed by atoms with Crippen molar-refractivity contribution in [2.24, 2.45) is 0 Å². The lowest BCUT2D eigenvalue weighted by Gasteiger charge is -2.06. The molecule has 0 aromatic heterocycles. The van der Waals surface area contributed by atoms with E-state index in [0.29, 0.717) is 12.2 Å². The summed E-state index contributed by atoms with van der Waals surface area (Å²) in [5.74, 6) is -0.244. The number of hydrogen-bond acceptors (Lipinski definition) is 3. The van der Waals surface area contributed by atoms with Crippen molar-refractivity contribution in [3.8, 4) is 0 Å². The summed E-state index contributed by atoms with van der Waals surface area (Å²) in [6, 6.07) is 7.43. The molecule has 0 saturated carbocycles. The second-order valence-electron chi connectivity index (χ2n) is 3.99.